The van der Waals surface area contributed by atoms with Crippen molar-refractivity contribution in [1.82, 2.24) is 15.0 Å². The lowest BCUT2D eigenvalue weighted by Gasteiger charge is -2.11. The third-order valence-electron chi connectivity index (χ3n) is 4.38. The molecule has 10 heteroatoms. The minimum Gasteiger partial charge on any atom is -0.437 e. The Labute approximate surface area is 192 Å². The maximum atomic E-state index is 12.6. The van der Waals surface area contributed by atoms with Crippen molar-refractivity contribution in [2.45, 2.75) is 38.2 Å². The van der Waals surface area contributed by atoms with E-state index in [4.69, 9.17) is 39.5 Å². The van der Waals surface area contributed by atoms with Crippen molar-refractivity contribution >= 4 is 34.8 Å². The second-order valence-electron chi connectivity index (χ2n) is 6.72. The molecule has 0 saturated carbocycles. The molecule has 0 bridgehead atoms. The molecule has 1 aromatic carbocycles. The molecule has 0 fully saturated rings. The van der Waals surface area contributed by atoms with Gasteiger partial charge in [-0.25, -0.2) is 15.0 Å². The zero-order valence-corrected chi connectivity index (χ0v) is 18.6. The fraction of sp³-hybridized carbons (Fsp3) is 0.286. The third-order valence-corrected chi connectivity index (χ3v) is 5.37. The summed E-state index contributed by atoms with van der Waals surface area (Å²) in [7, 11) is 0. The Hall–Kier alpha value is -2.09. The van der Waals surface area contributed by atoms with Gasteiger partial charge >= 0.3 is 6.18 Å². The first kappa shape index (κ1) is 23.6. The molecular weight excluding hydrogens is 474 g/mol. The van der Waals surface area contributed by atoms with Crippen molar-refractivity contribution in [3.63, 3.8) is 0 Å². The first-order valence-corrected chi connectivity index (χ1v) is 10.5. The molecule has 0 saturated heterocycles. The van der Waals surface area contributed by atoms with Crippen LogP contribution in [0.5, 0.6) is 11.6 Å². The van der Waals surface area contributed by atoms with Crippen molar-refractivity contribution < 1.29 is 17.9 Å². The van der Waals surface area contributed by atoms with Gasteiger partial charge in [-0.1, -0.05) is 29.3 Å². The number of aryl methyl sites for hydroxylation is 3. The summed E-state index contributed by atoms with van der Waals surface area (Å²) >= 11 is 18.4. The number of nitrogens with zero attached hydrogens (tertiary/aromatic N) is 3. The van der Waals surface area contributed by atoms with E-state index in [9.17, 15) is 13.2 Å². The molecule has 0 aliphatic carbocycles. The van der Waals surface area contributed by atoms with E-state index in [0.717, 1.165) is 29.8 Å². The summed E-state index contributed by atoms with van der Waals surface area (Å²) in [5.74, 6) is 1.17. The lowest BCUT2D eigenvalue weighted by molar-refractivity contribution is -0.137. The van der Waals surface area contributed by atoms with Gasteiger partial charge in [0.15, 0.2) is 0 Å². The zero-order valence-electron chi connectivity index (χ0n) is 16.3. The first-order valence-electron chi connectivity index (χ1n) is 9.24. The van der Waals surface area contributed by atoms with E-state index in [-0.39, 0.29) is 11.8 Å². The fourth-order valence-electron chi connectivity index (χ4n) is 2.90. The highest BCUT2D eigenvalue weighted by Gasteiger charge is 2.30. The van der Waals surface area contributed by atoms with E-state index in [1.54, 1.807) is 19.1 Å². The van der Waals surface area contributed by atoms with Crippen LogP contribution in [0.1, 0.15) is 34.8 Å². The Morgan fingerprint density at radius 3 is 2.35 bits per heavy atom. The van der Waals surface area contributed by atoms with Crippen molar-refractivity contribution in [2.75, 3.05) is 0 Å². The van der Waals surface area contributed by atoms with Gasteiger partial charge in [0.05, 0.1) is 32.9 Å². The van der Waals surface area contributed by atoms with Gasteiger partial charge in [0, 0.05) is 12.3 Å². The first-order chi connectivity index (χ1) is 14.7. The molecule has 0 unspecified atom stereocenters. The van der Waals surface area contributed by atoms with E-state index in [1.165, 1.54) is 0 Å². The van der Waals surface area contributed by atoms with Crippen LogP contribution in [0.15, 0.2) is 36.5 Å². The van der Waals surface area contributed by atoms with E-state index in [1.807, 2.05) is 6.07 Å². The maximum absolute atomic E-state index is 12.6. The molecule has 0 spiro atoms. The van der Waals surface area contributed by atoms with Crippen LogP contribution < -0.4 is 4.74 Å². The highest BCUT2D eigenvalue weighted by molar-refractivity contribution is 6.32. The molecule has 0 aliphatic heterocycles. The molecular formula is C21H17Cl3F3N3O. The lowest BCUT2D eigenvalue weighted by Crippen LogP contribution is -2.05. The van der Waals surface area contributed by atoms with E-state index in [2.05, 4.69) is 15.0 Å². The SMILES string of the molecule is Cc1nc(CCl)c(Cl)c(CCCc2ccc(Oc3ccc(C(F)(F)F)cn3)c(Cl)c2)n1. The van der Waals surface area contributed by atoms with Gasteiger partial charge in [-0.2, -0.15) is 13.2 Å². The summed E-state index contributed by atoms with van der Waals surface area (Å²) < 4.78 is 43.4. The van der Waals surface area contributed by atoms with Crippen molar-refractivity contribution in [3.05, 3.63) is 74.9 Å². The topological polar surface area (TPSA) is 47.9 Å². The van der Waals surface area contributed by atoms with Crippen LogP contribution in [0.2, 0.25) is 10.0 Å². The Bertz CT molecular complexity index is 1060. The highest BCUT2D eigenvalue weighted by atomic mass is 35.5. The maximum Gasteiger partial charge on any atom is 0.417 e. The second-order valence-corrected chi connectivity index (χ2v) is 7.77. The van der Waals surface area contributed by atoms with Gasteiger partial charge in [0.2, 0.25) is 5.88 Å². The molecule has 31 heavy (non-hydrogen) atoms. The molecule has 3 rings (SSSR count). The molecule has 164 valence electrons. The summed E-state index contributed by atoms with van der Waals surface area (Å²) in [4.78, 5) is 12.3. The van der Waals surface area contributed by atoms with Crippen LogP contribution in [0.3, 0.4) is 0 Å². The predicted molar refractivity (Wildman–Crippen MR) is 114 cm³/mol. The van der Waals surface area contributed by atoms with Crippen LogP contribution in [-0.4, -0.2) is 15.0 Å². The van der Waals surface area contributed by atoms with E-state index < -0.39 is 11.7 Å². The summed E-state index contributed by atoms with van der Waals surface area (Å²) in [6.07, 6.45) is -1.60. The van der Waals surface area contributed by atoms with Crippen LogP contribution in [0, 0.1) is 6.92 Å². The van der Waals surface area contributed by atoms with Gasteiger partial charge in [-0.15, -0.1) is 11.6 Å². The molecule has 0 radical (unpaired) electrons. The zero-order chi connectivity index (χ0) is 22.6. The third kappa shape index (κ3) is 6.21. The Morgan fingerprint density at radius 2 is 1.74 bits per heavy atom. The Kier molecular flexibility index (Phi) is 7.62. The van der Waals surface area contributed by atoms with Crippen LogP contribution in [0.25, 0.3) is 0 Å². The van der Waals surface area contributed by atoms with Crippen LogP contribution in [-0.2, 0) is 24.9 Å². The average molecular weight is 491 g/mol. The molecule has 3 aromatic rings. The van der Waals surface area contributed by atoms with Crippen LogP contribution >= 0.6 is 34.8 Å². The monoisotopic (exact) mass is 489 g/mol. The largest absolute Gasteiger partial charge is 0.437 e. The molecule has 0 atom stereocenters. The van der Waals surface area contributed by atoms with E-state index in [0.29, 0.717) is 46.4 Å². The number of alkyl halides is 4. The number of benzene rings is 1. The molecule has 2 aromatic heterocycles. The van der Waals surface area contributed by atoms with E-state index >= 15 is 0 Å². The summed E-state index contributed by atoms with van der Waals surface area (Å²) in [6.45, 7) is 1.79. The fourth-order valence-corrected chi connectivity index (χ4v) is 3.65. The highest BCUT2D eigenvalue weighted by Crippen LogP contribution is 2.32. The van der Waals surface area contributed by atoms with Crippen molar-refractivity contribution in [3.8, 4) is 11.6 Å². The summed E-state index contributed by atoms with van der Waals surface area (Å²) in [6, 6.07) is 7.29. The number of pyridine rings is 1. The average Bonchev–Trinajstić information content (AvgIpc) is 2.72. The lowest BCUT2D eigenvalue weighted by atomic mass is 10.1. The quantitative estimate of drug-likeness (QED) is 0.328. The van der Waals surface area contributed by atoms with Gasteiger partial charge in [0.25, 0.3) is 0 Å². The Balaban J connectivity index is 1.62. The molecule has 4 nitrogen and oxygen atoms in total. The number of hydrogen-bond donors (Lipinski definition) is 0. The summed E-state index contributed by atoms with van der Waals surface area (Å²) in [5, 5.41) is 0.825. The smallest absolute Gasteiger partial charge is 0.417 e. The Morgan fingerprint density at radius 1 is 1.00 bits per heavy atom. The minimum atomic E-state index is -4.45. The summed E-state index contributed by atoms with van der Waals surface area (Å²) in [5.41, 5.74) is 1.49. The molecule has 0 N–H and O–H groups in total. The predicted octanol–water partition coefficient (Wildman–Crippen LogP) is 7.21. The molecule has 0 aliphatic rings. The number of rotatable bonds is 7. The number of aromatic nitrogens is 3. The van der Waals surface area contributed by atoms with Gasteiger partial charge < -0.3 is 4.74 Å². The number of halogens is 6. The second kappa shape index (κ2) is 10.0. The van der Waals surface area contributed by atoms with Gasteiger partial charge in [-0.05, 0) is 49.9 Å². The standard InChI is InChI=1S/C21H17Cl3F3N3O/c1-12-29-16(20(24)17(10-22)30-12)4-2-3-13-5-7-18(15(23)9-13)31-19-8-6-14(11-28-19)21(25,26)27/h5-9,11H,2-4,10H2,1H3. The number of hydrogen-bond acceptors (Lipinski definition) is 4. The number of ether oxygens (including phenoxy) is 1. The van der Waals surface area contributed by atoms with Crippen LogP contribution in [0.4, 0.5) is 13.2 Å². The van der Waals surface area contributed by atoms with Crippen molar-refractivity contribution in [1.29, 1.82) is 0 Å². The molecule has 2 heterocycles. The minimum absolute atomic E-state index is 0.0199. The van der Waals surface area contributed by atoms with Gasteiger partial charge in [-0.3, -0.25) is 0 Å². The normalized spacial score (nSPS) is 11.6. The van der Waals surface area contributed by atoms with Gasteiger partial charge in [0.1, 0.15) is 11.6 Å². The van der Waals surface area contributed by atoms with Crippen molar-refractivity contribution in [2.24, 2.45) is 0 Å². The molecule has 0 amide bonds.